The fraction of sp³-hybridized carbons (Fsp3) is 0.214. The molecule has 0 amide bonds. The van der Waals surface area contributed by atoms with E-state index in [1.165, 1.54) is 6.07 Å². The first-order chi connectivity index (χ1) is 17.0. The van der Waals surface area contributed by atoms with E-state index in [0.717, 1.165) is 39.8 Å². The summed E-state index contributed by atoms with van der Waals surface area (Å²) >= 11 is 5.85. The molecule has 7 heteroatoms. The number of nitrogens with zero attached hydrogens (tertiary/aromatic N) is 3. The fourth-order valence-corrected chi connectivity index (χ4v) is 5.26. The third kappa shape index (κ3) is 4.28. The minimum Gasteiger partial charge on any atom is -0.494 e. The lowest BCUT2D eigenvalue weighted by Crippen LogP contribution is -2.29. The van der Waals surface area contributed by atoms with E-state index < -0.39 is 0 Å². The van der Waals surface area contributed by atoms with Crippen LogP contribution in [0.1, 0.15) is 41.7 Å². The number of benzene rings is 2. The highest BCUT2D eigenvalue weighted by molar-refractivity contribution is 7.80. The van der Waals surface area contributed by atoms with Gasteiger partial charge in [0.15, 0.2) is 5.11 Å². The van der Waals surface area contributed by atoms with E-state index in [9.17, 15) is 4.39 Å². The number of halogens is 1. The van der Waals surface area contributed by atoms with Gasteiger partial charge in [-0.05, 0) is 99.2 Å². The van der Waals surface area contributed by atoms with Crippen molar-refractivity contribution in [1.29, 1.82) is 0 Å². The van der Waals surface area contributed by atoms with Crippen LogP contribution in [0.15, 0.2) is 79.0 Å². The van der Waals surface area contributed by atoms with E-state index >= 15 is 0 Å². The summed E-state index contributed by atoms with van der Waals surface area (Å²) in [7, 11) is 0. The number of aryl methyl sites for hydroxylation is 1. The number of aromatic nitrogens is 2. The minimum absolute atomic E-state index is 0.149. The van der Waals surface area contributed by atoms with E-state index in [2.05, 4.69) is 32.8 Å². The van der Waals surface area contributed by atoms with Gasteiger partial charge in [-0.2, -0.15) is 0 Å². The zero-order chi connectivity index (χ0) is 24.5. The van der Waals surface area contributed by atoms with Gasteiger partial charge in [0.25, 0.3) is 0 Å². The van der Waals surface area contributed by atoms with Gasteiger partial charge in [0.05, 0.1) is 24.4 Å². The number of nitrogens with one attached hydrogen (secondary N) is 1. The molecule has 0 bridgehead atoms. The summed E-state index contributed by atoms with van der Waals surface area (Å²) in [6.45, 7) is 6.69. The molecule has 1 N–H and O–H groups in total. The highest BCUT2D eigenvalue weighted by Gasteiger charge is 2.42. The topological polar surface area (TPSA) is 42.3 Å². The molecule has 1 fully saturated rings. The van der Waals surface area contributed by atoms with Crippen LogP contribution >= 0.6 is 12.2 Å². The van der Waals surface area contributed by atoms with Crippen LogP contribution in [0.3, 0.4) is 0 Å². The Balaban J connectivity index is 1.64. The Morgan fingerprint density at radius 1 is 1.00 bits per heavy atom. The summed E-state index contributed by atoms with van der Waals surface area (Å²) in [4.78, 5) is 6.78. The van der Waals surface area contributed by atoms with Crippen LogP contribution in [0.2, 0.25) is 0 Å². The van der Waals surface area contributed by atoms with Crippen LogP contribution < -0.4 is 15.0 Å². The number of pyridine rings is 1. The summed E-state index contributed by atoms with van der Waals surface area (Å²) < 4.78 is 21.8. The van der Waals surface area contributed by atoms with Crippen molar-refractivity contribution in [2.75, 3.05) is 11.5 Å². The van der Waals surface area contributed by atoms with Crippen molar-refractivity contribution >= 4 is 23.0 Å². The Bertz CT molecular complexity index is 1350. The summed E-state index contributed by atoms with van der Waals surface area (Å²) in [6, 6.07) is 22.4. The highest BCUT2D eigenvalue weighted by Crippen LogP contribution is 2.44. The summed E-state index contributed by atoms with van der Waals surface area (Å²) in [5.41, 5.74) is 5.81. The second kappa shape index (κ2) is 9.50. The van der Waals surface area contributed by atoms with Gasteiger partial charge in [0.1, 0.15) is 11.6 Å². The first kappa shape index (κ1) is 23.1. The van der Waals surface area contributed by atoms with Gasteiger partial charge in [-0.25, -0.2) is 4.39 Å². The van der Waals surface area contributed by atoms with E-state index in [1.807, 2.05) is 62.4 Å². The molecule has 4 aromatic rings. The van der Waals surface area contributed by atoms with Crippen molar-refractivity contribution in [2.45, 2.75) is 32.9 Å². The SMILES string of the molecule is CCOc1ccc(N2C(=S)NC(c3ccccn3)C2c2cc(C)n(-c3cccc(F)c3)c2C)cc1. The second-order valence-electron chi connectivity index (χ2n) is 8.57. The van der Waals surface area contributed by atoms with Crippen molar-refractivity contribution in [3.8, 4) is 11.4 Å². The fourth-order valence-electron chi connectivity index (χ4n) is 4.92. The average Bonchev–Trinajstić information content (AvgIpc) is 3.35. The van der Waals surface area contributed by atoms with E-state index in [-0.39, 0.29) is 17.9 Å². The van der Waals surface area contributed by atoms with E-state index in [1.54, 1.807) is 18.3 Å². The normalized spacial score (nSPS) is 17.5. The number of thiocarbonyl (C=S) groups is 1. The Hall–Kier alpha value is -3.71. The molecule has 3 heterocycles. The zero-order valence-electron chi connectivity index (χ0n) is 19.9. The standard InChI is InChI=1S/C28H27FN4OS/c1-4-34-23-13-11-21(12-14-23)33-27(26(31-28(33)35)25-10-5-6-15-30-25)24-16-18(2)32(19(24)3)22-9-7-8-20(29)17-22/h5-17,26-27H,4H2,1-3H3,(H,31,35). The van der Waals surface area contributed by atoms with Crippen LogP contribution in [0.4, 0.5) is 10.1 Å². The van der Waals surface area contributed by atoms with Crippen molar-refractivity contribution < 1.29 is 9.13 Å². The van der Waals surface area contributed by atoms with Crippen molar-refractivity contribution in [1.82, 2.24) is 14.9 Å². The zero-order valence-corrected chi connectivity index (χ0v) is 20.7. The largest absolute Gasteiger partial charge is 0.494 e. The number of hydrogen-bond donors (Lipinski definition) is 1. The maximum absolute atomic E-state index is 14.1. The molecular formula is C28H27FN4OS. The van der Waals surface area contributed by atoms with Crippen LogP contribution in [-0.2, 0) is 0 Å². The molecule has 1 saturated heterocycles. The molecule has 2 aromatic heterocycles. The Morgan fingerprint density at radius 2 is 1.80 bits per heavy atom. The molecular weight excluding hydrogens is 459 g/mol. The van der Waals surface area contributed by atoms with Crippen LogP contribution in [-0.4, -0.2) is 21.3 Å². The highest BCUT2D eigenvalue weighted by atomic mass is 32.1. The molecule has 0 radical (unpaired) electrons. The lowest BCUT2D eigenvalue weighted by atomic mass is 9.96. The third-order valence-electron chi connectivity index (χ3n) is 6.38. The summed E-state index contributed by atoms with van der Waals surface area (Å²) in [5.74, 6) is 0.555. The maximum Gasteiger partial charge on any atom is 0.174 e. The first-order valence-electron chi connectivity index (χ1n) is 11.7. The number of ether oxygens (including phenoxy) is 1. The molecule has 2 atom stereocenters. The molecule has 5 rings (SSSR count). The predicted octanol–water partition coefficient (Wildman–Crippen LogP) is 6.20. The number of anilines is 1. The van der Waals surface area contributed by atoms with Gasteiger partial charge in [-0.15, -0.1) is 0 Å². The molecule has 2 aromatic carbocycles. The number of rotatable bonds is 6. The Kier molecular flexibility index (Phi) is 6.26. The molecule has 1 aliphatic rings. The second-order valence-corrected chi connectivity index (χ2v) is 8.95. The van der Waals surface area contributed by atoms with Gasteiger partial charge >= 0.3 is 0 Å². The van der Waals surface area contributed by atoms with Gasteiger partial charge in [-0.3, -0.25) is 4.98 Å². The molecule has 0 saturated carbocycles. The first-order valence-corrected chi connectivity index (χ1v) is 12.1. The summed E-state index contributed by atoms with van der Waals surface area (Å²) in [5, 5.41) is 4.14. The van der Waals surface area contributed by atoms with Crippen LogP contribution in [0, 0.1) is 19.7 Å². The predicted molar refractivity (Wildman–Crippen MR) is 141 cm³/mol. The van der Waals surface area contributed by atoms with Gasteiger partial charge in [-0.1, -0.05) is 12.1 Å². The van der Waals surface area contributed by atoms with Crippen molar-refractivity contribution in [3.63, 3.8) is 0 Å². The molecule has 35 heavy (non-hydrogen) atoms. The molecule has 1 aliphatic heterocycles. The molecule has 0 spiro atoms. The lowest BCUT2D eigenvalue weighted by molar-refractivity contribution is 0.340. The quantitative estimate of drug-likeness (QED) is 0.329. The maximum atomic E-state index is 14.1. The smallest absolute Gasteiger partial charge is 0.174 e. The van der Waals surface area contributed by atoms with Crippen molar-refractivity contribution in [3.05, 3.63) is 107 Å². The third-order valence-corrected chi connectivity index (χ3v) is 6.69. The van der Waals surface area contributed by atoms with Gasteiger partial charge in [0.2, 0.25) is 0 Å². The number of hydrogen-bond acceptors (Lipinski definition) is 3. The lowest BCUT2D eigenvalue weighted by Gasteiger charge is -2.28. The molecule has 178 valence electrons. The van der Waals surface area contributed by atoms with E-state index in [0.29, 0.717) is 11.7 Å². The minimum atomic E-state index is -0.261. The summed E-state index contributed by atoms with van der Waals surface area (Å²) in [6.07, 6.45) is 1.80. The van der Waals surface area contributed by atoms with Crippen molar-refractivity contribution in [2.24, 2.45) is 0 Å². The van der Waals surface area contributed by atoms with Crippen LogP contribution in [0.5, 0.6) is 5.75 Å². The monoisotopic (exact) mass is 486 g/mol. The molecule has 2 unspecified atom stereocenters. The van der Waals surface area contributed by atoms with E-state index in [4.69, 9.17) is 17.0 Å². The average molecular weight is 487 g/mol. The van der Waals surface area contributed by atoms with Crippen LogP contribution in [0.25, 0.3) is 5.69 Å². The van der Waals surface area contributed by atoms with Gasteiger partial charge < -0.3 is 19.5 Å². The Labute approximate surface area is 210 Å². The van der Waals surface area contributed by atoms with Gasteiger partial charge in [0, 0.05) is 29.0 Å². The molecule has 0 aliphatic carbocycles. The molecule has 5 nitrogen and oxygen atoms in total. The Morgan fingerprint density at radius 3 is 2.49 bits per heavy atom.